The van der Waals surface area contributed by atoms with E-state index in [1.54, 1.807) is 20.8 Å². The third-order valence-electron chi connectivity index (χ3n) is 2.15. The van der Waals surface area contributed by atoms with Gasteiger partial charge in [0.25, 0.3) is 0 Å². The topological polar surface area (TPSA) is 82.1 Å². The fourth-order valence-corrected chi connectivity index (χ4v) is 1.39. The van der Waals surface area contributed by atoms with Crippen LogP contribution in [0.2, 0.25) is 0 Å². The summed E-state index contributed by atoms with van der Waals surface area (Å²) in [6.07, 6.45) is 0. The molecule has 0 aliphatic heterocycles. The smallest absolute Gasteiger partial charge is 0.344 e. The Morgan fingerprint density at radius 3 is 2.45 bits per heavy atom. The first-order valence-corrected chi connectivity index (χ1v) is 5.99. The van der Waals surface area contributed by atoms with Crippen LogP contribution in [0.5, 0.6) is 11.5 Å². The summed E-state index contributed by atoms with van der Waals surface area (Å²) in [4.78, 5) is 22.9. The normalized spacial score (nSPS) is 10.8. The average molecular weight is 282 g/mol. The van der Waals surface area contributed by atoms with Gasteiger partial charge in [0.15, 0.2) is 6.61 Å². The molecule has 0 radical (unpaired) electrons. The zero-order valence-corrected chi connectivity index (χ0v) is 11.9. The number of carbonyl (C=O) groups is 2. The third-order valence-corrected chi connectivity index (χ3v) is 2.15. The molecule has 0 bridgehead atoms. The molecular weight excluding hydrogens is 264 g/mol. The number of benzene rings is 1. The first kappa shape index (κ1) is 15.8. The molecule has 0 aliphatic rings. The van der Waals surface area contributed by atoms with E-state index in [-0.39, 0.29) is 23.7 Å². The van der Waals surface area contributed by atoms with Crippen LogP contribution in [-0.4, -0.2) is 36.4 Å². The van der Waals surface area contributed by atoms with Gasteiger partial charge in [0.1, 0.15) is 22.7 Å². The van der Waals surface area contributed by atoms with Crippen LogP contribution in [0.15, 0.2) is 18.2 Å². The maximum absolute atomic E-state index is 11.5. The van der Waals surface area contributed by atoms with Crippen molar-refractivity contribution >= 4 is 11.9 Å². The number of rotatable bonds is 4. The van der Waals surface area contributed by atoms with Gasteiger partial charge in [-0.25, -0.2) is 9.59 Å². The number of methoxy groups -OCH3 is 1. The second kappa shape index (κ2) is 6.27. The molecule has 0 aliphatic carbocycles. The summed E-state index contributed by atoms with van der Waals surface area (Å²) in [5.74, 6) is -1.18. The molecule has 6 nitrogen and oxygen atoms in total. The largest absolute Gasteiger partial charge is 0.507 e. The fourth-order valence-electron chi connectivity index (χ4n) is 1.39. The zero-order valence-electron chi connectivity index (χ0n) is 11.9. The van der Waals surface area contributed by atoms with Crippen LogP contribution in [0.25, 0.3) is 0 Å². The molecule has 20 heavy (non-hydrogen) atoms. The standard InChI is InChI=1S/C14H18O6/c1-14(2,3)20-12(16)8-19-9-5-6-11(15)10(7-9)13(17)18-4/h5-7,15H,8H2,1-4H3. The number of aromatic hydroxyl groups is 1. The maximum atomic E-state index is 11.5. The highest BCUT2D eigenvalue weighted by Crippen LogP contribution is 2.23. The number of phenolic OH excluding ortho intramolecular Hbond substituents is 1. The van der Waals surface area contributed by atoms with Crippen LogP contribution >= 0.6 is 0 Å². The van der Waals surface area contributed by atoms with Gasteiger partial charge in [0, 0.05) is 0 Å². The van der Waals surface area contributed by atoms with Gasteiger partial charge in [-0.1, -0.05) is 0 Å². The third kappa shape index (κ3) is 4.79. The van der Waals surface area contributed by atoms with Gasteiger partial charge in [-0.15, -0.1) is 0 Å². The highest BCUT2D eigenvalue weighted by molar-refractivity contribution is 5.92. The molecule has 0 fully saturated rings. The minimum atomic E-state index is -0.690. The fraction of sp³-hybridized carbons (Fsp3) is 0.429. The highest BCUT2D eigenvalue weighted by Gasteiger charge is 2.17. The minimum Gasteiger partial charge on any atom is -0.507 e. The average Bonchev–Trinajstić information content (AvgIpc) is 2.35. The van der Waals surface area contributed by atoms with Crippen molar-refractivity contribution in [1.29, 1.82) is 0 Å². The van der Waals surface area contributed by atoms with Gasteiger partial charge in [-0.2, -0.15) is 0 Å². The monoisotopic (exact) mass is 282 g/mol. The number of ether oxygens (including phenoxy) is 3. The maximum Gasteiger partial charge on any atom is 0.344 e. The molecule has 1 rings (SSSR count). The molecule has 0 heterocycles. The molecule has 0 spiro atoms. The summed E-state index contributed by atoms with van der Waals surface area (Å²) < 4.78 is 14.8. The number of hydrogen-bond donors (Lipinski definition) is 1. The van der Waals surface area contributed by atoms with Crippen molar-refractivity contribution in [2.24, 2.45) is 0 Å². The Bertz CT molecular complexity index is 501. The van der Waals surface area contributed by atoms with Crippen LogP contribution in [0, 0.1) is 0 Å². The van der Waals surface area contributed by atoms with Crippen molar-refractivity contribution < 1.29 is 28.9 Å². The summed E-state index contributed by atoms with van der Waals surface area (Å²) in [5, 5.41) is 9.52. The Kier molecular flexibility index (Phi) is 4.96. The molecule has 0 atom stereocenters. The Morgan fingerprint density at radius 1 is 1.25 bits per heavy atom. The molecule has 6 heteroatoms. The summed E-state index contributed by atoms with van der Waals surface area (Å²) in [6.45, 7) is 4.96. The molecule has 0 aromatic heterocycles. The summed E-state index contributed by atoms with van der Waals surface area (Å²) in [7, 11) is 1.20. The molecule has 0 amide bonds. The predicted molar refractivity (Wildman–Crippen MR) is 70.8 cm³/mol. The number of esters is 2. The Hall–Kier alpha value is -2.24. The van der Waals surface area contributed by atoms with Crippen LogP contribution in [0.3, 0.4) is 0 Å². The summed E-state index contributed by atoms with van der Waals surface area (Å²) >= 11 is 0. The van der Waals surface area contributed by atoms with Gasteiger partial charge in [0.05, 0.1) is 7.11 Å². The number of carbonyl (C=O) groups excluding carboxylic acids is 2. The second-order valence-electron chi connectivity index (χ2n) is 5.05. The minimum absolute atomic E-state index is 0.0332. The molecule has 110 valence electrons. The van der Waals surface area contributed by atoms with Crippen molar-refractivity contribution in [2.45, 2.75) is 26.4 Å². The van der Waals surface area contributed by atoms with Crippen LogP contribution in [0.4, 0.5) is 0 Å². The summed E-state index contributed by atoms with van der Waals surface area (Å²) in [6, 6.07) is 4.02. The Morgan fingerprint density at radius 2 is 1.90 bits per heavy atom. The lowest BCUT2D eigenvalue weighted by Gasteiger charge is -2.19. The van der Waals surface area contributed by atoms with Crippen molar-refractivity contribution in [1.82, 2.24) is 0 Å². The van der Waals surface area contributed by atoms with E-state index in [2.05, 4.69) is 4.74 Å². The Balaban J connectivity index is 2.70. The lowest BCUT2D eigenvalue weighted by atomic mass is 10.2. The van der Waals surface area contributed by atoms with Crippen molar-refractivity contribution in [3.63, 3.8) is 0 Å². The van der Waals surface area contributed by atoms with E-state index in [1.165, 1.54) is 25.3 Å². The molecular formula is C14H18O6. The first-order chi connectivity index (χ1) is 9.23. The van der Waals surface area contributed by atoms with Gasteiger partial charge < -0.3 is 19.3 Å². The van der Waals surface area contributed by atoms with Crippen molar-refractivity contribution in [3.8, 4) is 11.5 Å². The molecule has 1 aromatic rings. The van der Waals surface area contributed by atoms with Gasteiger partial charge in [-0.05, 0) is 39.0 Å². The van der Waals surface area contributed by atoms with E-state index in [4.69, 9.17) is 9.47 Å². The number of hydrogen-bond acceptors (Lipinski definition) is 6. The van der Waals surface area contributed by atoms with E-state index < -0.39 is 17.5 Å². The Labute approximate surface area is 117 Å². The predicted octanol–water partition coefficient (Wildman–Crippen LogP) is 1.90. The quantitative estimate of drug-likeness (QED) is 0.849. The van der Waals surface area contributed by atoms with Gasteiger partial charge in [0.2, 0.25) is 0 Å². The molecule has 1 N–H and O–H groups in total. The van der Waals surface area contributed by atoms with Crippen molar-refractivity contribution in [3.05, 3.63) is 23.8 Å². The molecule has 1 aromatic carbocycles. The molecule has 0 saturated heterocycles. The van der Waals surface area contributed by atoms with E-state index in [9.17, 15) is 14.7 Å². The summed E-state index contributed by atoms with van der Waals surface area (Å²) in [5.41, 5.74) is -0.624. The zero-order chi connectivity index (χ0) is 15.3. The van der Waals surface area contributed by atoms with Crippen LogP contribution < -0.4 is 4.74 Å². The number of phenols is 1. The van der Waals surface area contributed by atoms with Gasteiger partial charge >= 0.3 is 11.9 Å². The lowest BCUT2D eigenvalue weighted by Crippen LogP contribution is -2.27. The SMILES string of the molecule is COC(=O)c1cc(OCC(=O)OC(C)(C)C)ccc1O. The first-order valence-electron chi connectivity index (χ1n) is 5.99. The highest BCUT2D eigenvalue weighted by atomic mass is 16.6. The van der Waals surface area contributed by atoms with E-state index in [1.807, 2.05) is 0 Å². The van der Waals surface area contributed by atoms with E-state index in [0.29, 0.717) is 0 Å². The molecule has 0 unspecified atom stereocenters. The van der Waals surface area contributed by atoms with Crippen molar-refractivity contribution in [2.75, 3.05) is 13.7 Å². The van der Waals surface area contributed by atoms with Gasteiger partial charge in [-0.3, -0.25) is 0 Å². The second-order valence-corrected chi connectivity index (χ2v) is 5.05. The van der Waals surface area contributed by atoms with E-state index in [0.717, 1.165) is 0 Å². The van der Waals surface area contributed by atoms with Crippen LogP contribution in [-0.2, 0) is 14.3 Å². The lowest BCUT2D eigenvalue weighted by molar-refractivity contribution is -0.157. The van der Waals surface area contributed by atoms with Crippen LogP contribution in [0.1, 0.15) is 31.1 Å². The van der Waals surface area contributed by atoms with E-state index >= 15 is 0 Å². The molecule has 0 saturated carbocycles.